The highest BCUT2D eigenvalue weighted by molar-refractivity contribution is 7.88. The van der Waals surface area contributed by atoms with Crippen molar-refractivity contribution in [1.82, 2.24) is 9.62 Å². The van der Waals surface area contributed by atoms with Crippen LogP contribution in [0.1, 0.15) is 13.3 Å². The van der Waals surface area contributed by atoms with Crippen molar-refractivity contribution >= 4 is 16.0 Å². The Morgan fingerprint density at radius 3 is 2.67 bits per heavy atom. The molecule has 2 atom stereocenters. The van der Waals surface area contributed by atoms with Crippen molar-refractivity contribution in [2.24, 2.45) is 0 Å². The molecule has 15 heavy (non-hydrogen) atoms. The lowest BCUT2D eigenvalue weighted by atomic mass is 10.0. The number of nitrogens with zero attached hydrogens (tertiary/aromatic N) is 1. The molecular formula is C8H16N2O4S. The lowest BCUT2D eigenvalue weighted by molar-refractivity contribution is -0.138. The van der Waals surface area contributed by atoms with Gasteiger partial charge in [-0.05, 0) is 6.92 Å². The summed E-state index contributed by atoms with van der Waals surface area (Å²) in [6.07, 6.45) is 0.946. The van der Waals surface area contributed by atoms with Gasteiger partial charge >= 0.3 is 5.97 Å². The second-order valence-electron chi connectivity index (χ2n) is 3.78. The van der Waals surface area contributed by atoms with Gasteiger partial charge in [0.15, 0.2) is 0 Å². The lowest BCUT2D eigenvalue weighted by Crippen LogP contribution is -2.58. The molecule has 0 amide bonds. The number of aliphatic carboxylic acids is 1. The van der Waals surface area contributed by atoms with E-state index in [9.17, 15) is 13.2 Å². The fraction of sp³-hybridized carbons (Fsp3) is 0.875. The Kier molecular flexibility index (Phi) is 3.69. The first-order valence-corrected chi connectivity index (χ1v) is 6.59. The van der Waals surface area contributed by atoms with Crippen molar-refractivity contribution in [3.8, 4) is 0 Å². The number of nitrogens with one attached hydrogen (secondary N) is 1. The van der Waals surface area contributed by atoms with Crippen molar-refractivity contribution in [2.45, 2.75) is 25.4 Å². The topological polar surface area (TPSA) is 86.7 Å². The van der Waals surface area contributed by atoms with Crippen molar-refractivity contribution in [3.05, 3.63) is 0 Å². The van der Waals surface area contributed by atoms with Crippen LogP contribution in [0.5, 0.6) is 0 Å². The number of rotatable bonds is 3. The third-order valence-electron chi connectivity index (χ3n) is 2.56. The minimum atomic E-state index is -3.32. The Bertz CT molecular complexity index is 341. The number of sulfonamides is 1. The van der Waals surface area contributed by atoms with Crippen molar-refractivity contribution in [1.29, 1.82) is 0 Å². The van der Waals surface area contributed by atoms with Gasteiger partial charge in [-0.1, -0.05) is 0 Å². The van der Waals surface area contributed by atoms with E-state index in [0.29, 0.717) is 13.1 Å². The molecule has 0 aromatic carbocycles. The fourth-order valence-corrected chi connectivity index (χ4v) is 2.99. The van der Waals surface area contributed by atoms with Gasteiger partial charge in [-0.3, -0.25) is 4.79 Å². The van der Waals surface area contributed by atoms with Gasteiger partial charge in [-0.2, -0.15) is 4.31 Å². The summed E-state index contributed by atoms with van der Waals surface area (Å²) in [4.78, 5) is 10.6. The summed E-state index contributed by atoms with van der Waals surface area (Å²) in [5.41, 5.74) is 0. The van der Waals surface area contributed by atoms with Gasteiger partial charge in [-0.25, -0.2) is 8.42 Å². The van der Waals surface area contributed by atoms with Crippen LogP contribution in [0.15, 0.2) is 0 Å². The molecule has 1 rings (SSSR count). The van der Waals surface area contributed by atoms with E-state index in [-0.39, 0.29) is 12.5 Å². The molecule has 1 fully saturated rings. The smallest absolute Gasteiger partial charge is 0.305 e. The van der Waals surface area contributed by atoms with Crippen molar-refractivity contribution in [3.63, 3.8) is 0 Å². The first kappa shape index (κ1) is 12.4. The summed E-state index contributed by atoms with van der Waals surface area (Å²) in [7, 11) is -3.32. The summed E-state index contributed by atoms with van der Waals surface area (Å²) >= 11 is 0. The monoisotopic (exact) mass is 236 g/mol. The number of hydrogen-bond donors (Lipinski definition) is 2. The van der Waals surface area contributed by atoms with E-state index < -0.39 is 22.0 Å². The molecule has 0 radical (unpaired) electrons. The Labute approximate surface area is 89.3 Å². The Balaban J connectivity index is 2.87. The molecule has 1 saturated heterocycles. The molecule has 0 aliphatic carbocycles. The number of hydrogen-bond acceptors (Lipinski definition) is 4. The largest absolute Gasteiger partial charge is 0.481 e. The highest BCUT2D eigenvalue weighted by Gasteiger charge is 2.35. The minimum Gasteiger partial charge on any atom is -0.481 e. The molecule has 7 heteroatoms. The maximum absolute atomic E-state index is 11.4. The standard InChI is InChI=1S/C8H16N2O4S/c1-6-7(5-8(11)12)10(4-3-9-6)15(2,13)14/h6-7,9H,3-5H2,1-2H3,(H,11,12)/t6-,7+/m1/s1. The van der Waals surface area contributed by atoms with Crippen LogP contribution in [0.25, 0.3) is 0 Å². The average molecular weight is 236 g/mol. The van der Waals surface area contributed by atoms with Gasteiger partial charge in [0, 0.05) is 19.1 Å². The predicted octanol–water partition coefficient (Wildman–Crippen LogP) is -0.917. The maximum atomic E-state index is 11.4. The minimum absolute atomic E-state index is 0.135. The van der Waals surface area contributed by atoms with E-state index in [0.717, 1.165) is 6.26 Å². The van der Waals surface area contributed by atoms with Crippen molar-refractivity contribution in [2.75, 3.05) is 19.3 Å². The van der Waals surface area contributed by atoms with Gasteiger partial charge in [0.25, 0.3) is 0 Å². The highest BCUT2D eigenvalue weighted by Crippen LogP contribution is 2.16. The second-order valence-corrected chi connectivity index (χ2v) is 5.72. The van der Waals surface area contributed by atoms with Crippen molar-refractivity contribution < 1.29 is 18.3 Å². The van der Waals surface area contributed by atoms with Gasteiger partial charge in [0.1, 0.15) is 0 Å². The predicted molar refractivity (Wildman–Crippen MR) is 55.1 cm³/mol. The Morgan fingerprint density at radius 2 is 2.20 bits per heavy atom. The number of carboxylic acids is 1. The summed E-state index contributed by atoms with van der Waals surface area (Å²) < 4.78 is 24.1. The Hall–Kier alpha value is -0.660. The van der Waals surface area contributed by atoms with Gasteiger partial charge < -0.3 is 10.4 Å². The quantitative estimate of drug-likeness (QED) is 0.662. The third-order valence-corrected chi connectivity index (χ3v) is 3.86. The molecule has 0 aromatic heterocycles. The fourth-order valence-electron chi connectivity index (χ4n) is 1.82. The molecule has 0 aromatic rings. The van der Waals surface area contributed by atoms with Crippen LogP contribution in [0, 0.1) is 0 Å². The summed E-state index contributed by atoms with van der Waals surface area (Å²) in [6.45, 7) is 2.69. The molecule has 0 spiro atoms. The van der Waals surface area contributed by atoms with E-state index in [1.807, 2.05) is 0 Å². The second kappa shape index (κ2) is 4.46. The molecule has 1 heterocycles. The van der Waals surface area contributed by atoms with Crippen LogP contribution in [-0.2, 0) is 14.8 Å². The highest BCUT2D eigenvalue weighted by atomic mass is 32.2. The van der Waals surface area contributed by atoms with Gasteiger partial charge in [0.2, 0.25) is 10.0 Å². The van der Waals surface area contributed by atoms with E-state index in [2.05, 4.69) is 5.32 Å². The molecule has 2 N–H and O–H groups in total. The van der Waals surface area contributed by atoms with Crippen LogP contribution >= 0.6 is 0 Å². The summed E-state index contributed by atoms with van der Waals surface area (Å²) in [6, 6.07) is -0.629. The van der Waals surface area contributed by atoms with Crippen LogP contribution in [0.4, 0.5) is 0 Å². The molecule has 0 unspecified atom stereocenters. The molecule has 0 bridgehead atoms. The molecule has 0 saturated carbocycles. The molecule has 1 aliphatic heterocycles. The lowest BCUT2D eigenvalue weighted by Gasteiger charge is -2.38. The van der Waals surface area contributed by atoms with E-state index in [4.69, 9.17) is 5.11 Å². The van der Waals surface area contributed by atoms with Crippen LogP contribution in [-0.4, -0.2) is 55.2 Å². The van der Waals surface area contributed by atoms with Gasteiger partial charge in [0.05, 0.1) is 18.7 Å². The van der Waals surface area contributed by atoms with Crippen LogP contribution in [0.3, 0.4) is 0 Å². The zero-order valence-electron chi connectivity index (χ0n) is 8.80. The number of piperazine rings is 1. The van der Waals surface area contributed by atoms with Crippen LogP contribution in [0.2, 0.25) is 0 Å². The number of carboxylic acid groups (broad SMARTS) is 1. The van der Waals surface area contributed by atoms with E-state index >= 15 is 0 Å². The van der Waals surface area contributed by atoms with Crippen LogP contribution < -0.4 is 5.32 Å². The summed E-state index contributed by atoms with van der Waals surface area (Å²) in [5, 5.41) is 11.8. The number of carbonyl (C=O) groups is 1. The first-order chi connectivity index (χ1) is 6.82. The molecule has 6 nitrogen and oxygen atoms in total. The third kappa shape index (κ3) is 3.15. The van der Waals surface area contributed by atoms with E-state index in [1.165, 1.54) is 4.31 Å². The summed E-state index contributed by atoms with van der Waals surface area (Å²) in [5.74, 6) is -0.982. The maximum Gasteiger partial charge on any atom is 0.305 e. The molecule has 1 aliphatic rings. The Morgan fingerprint density at radius 1 is 1.60 bits per heavy atom. The molecule has 88 valence electrons. The zero-order chi connectivity index (χ0) is 11.6. The zero-order valence-corrected chi connectivity index (χ0v) is 9.62. The van der Waals surface area contributed by atoms with Gasteiger partial charge in [-0.15, -0.1) is 0 Å². The molecular weight excluding hydrogens is 220 g/mol. The average Bonchev–Trinajstić information content (AvgIpc) is 2.05. The normalized spacial score (nSPS) is 28.9. The van der Waals surface area contributed by atoms with E-state index in [1.54, 1.807) is 6.92 Å². The SMILES string of the molecule is C[C@H]1NCCN(S(C)(=O)=O)[C@H]1CC(=O)O. The first-order valence-electron chi connectivity index (χ1n) is 4.74.